The van der Waals surface area contributed by atoms with Crippen LogP contribution in [0.2, 0.25) is 0 Å². The smallest absolute Gasteiger partial charge is 0.0352 e. The molecule has 0 spiro atoms. The van der Waals surface area contributed by atoms with E-state index < -0.39 is 0 Å². The Labute approximate surface area is 58.6 Å². The minimum atomic E-state index is 0.983. The van der Waals surface area contributed by atoms with Crippen LogP contribution in [0.1, 0.15) is 5.56 Å². The van der Waals surface area contributed by atoms with E-state index in [1.807, 2.05) is 12.1 Å². The largest absolute Gasteiger partial charge is 0.255 e. The van der Waals surface area contributed by atoms with Crippen molar-refractivity contribution in [3.63, 3.8) is 0 Å². The van der Waals surface area contributed by atoms with Crippen LogP contribution >= 0.6 is 11.9 Å². The van der Waals surface area contributed by atoms with E-state index in [0.717, 1.165) is 6.54 Å². The van der Waals surface area contributed by atoms with Crippen molar-refractivity contribution in [3.05, 3.63) is 29.8 Å². The molecule has 0 aliphatic carbocycles. The molecule has 9 heavy (non-hydrogen) atoms. The number of hydrogen-bond donors (Lipinski definition) is 1. The van der Waals surface area contributed by atoms with Crippen molar-refractivity contribution in [2.45, 2.75) is 11.4 Å². The van der Waals surface area contributed by atoms with Crippen molar-refractivity contribution in [1.29, 1.82) is 0 Å². The Morgan fingerprint density at radius 2 is 2.67 bits per heavy atom. The molecule has 0 saturated carbocycles. The summed E-state index contributed by atoms with van der Waals surface area (Å²) in [7, 11) is 0. The van der Waals surface area contributed by atoms with Crippen LogP contribution in [0.5, 0.6) is 0 Å². The predicted octanol–water partition coefficient (Wildman–Crippen LogP) is 1.60. The van der Waals surface area contributed by atoms with Gasteiger partial charge in [0.2, 0.25) is 0 Å². The van der Waals surface area contributed by atoms with Gasteiger partial charge in [0.15, 0.2) is 0 Å². The van der Waals surface area contributed by atoms with Gasteiger partial charge >= 0.3 is 0 Å². The lowest BCUT2D eigenvalue weighted by atomic mass is 10.2. The van der Waals surface area contributed by atoms with Gasteiger partial charge in [0.25, 0.3) is 0 Å². The van der Waals surface area contributed by atoms with E-state index in [0.29, 0.717) is 0 Å². The topological polar surface area (TPSA) is 12.0 Å². The van der Waals surface area contributed by atoms with E-state index in [1.54, 1.807) is 11.9 Å². The van der Waals surface area contributed by atoms with E-state index in [2.05, 4.69) is 16.9 Å². The Kier molecular flexibility index (Phi) is 1.21. The monoisotopic (exact) mass is 136 g/mol. The van der Waals surface area contributed by atoms with Crippen LogP contribution in [0.25, 0.3) is 0 Å². The van der Waals surface area contributed by atoms with Gasteiger partial charge in [-0.15, -0.1) is 0 Å². The molecule has 1 aromatic carbocycles. The molecule has 0 aromatic heterocycles. The SMILES string of the molecule is [c]1cccc2c1SNC2. The molecule has 2 rings (SSSR count). The molecule has 0 unspecified atom stereocenters. The van der Waals surface area contributed by atoms with Gasteiger partial charge in [-0.3, -0.25) is 4.72 Å². The second kappa shape index (κ2) is 2.05. The van der Waals surface area contributed by atoms with Crippen molar-refractivity contribution >= 4 is 11.9 Å². The van der Waals surface area contributed by atoms with Gasteiger partial charge in [0, 0.05) is 11.4 Å². The first-order chi connectivity index (χ1) is 4.47. The maximum atomic E-state index is 3.17. The first-order valence-corrected chi connectivity index (χ1v) is 3.68. The van der Waals surface area contributed by atoms with E-state index in [4.69, 9.17) is 0 Å². The van der Waals surface area contributed by atoms with Crippen molar-refractivity contribution in [1.82, 2.24) is 4.72 Å². The zero-order chi connectivity index (χ0) is 6.10. The Morgan fingerprint density at radius 1 is 1.67 bits per heavy atom. The molecule has 0 atom stereocenters. The van der Waals surface area contributed by atoms with E-state index in [9.17, 15) is 0 Å². The minimum Gasteiger partial charge on any atom is -0.255 e. The Bertz CT molecular complexity index is 199. The van der Waals surface area contributed by atoms with Gasteiger partial charge in [-0.1, -0.05) is 18.2 Å². The lowest BCUT2D eigenvalue weighted by Gasteiger charge is -1.89. The van der Waals surface area contributed by atoms with Gasteiger partial charge in [0.05, 0.1) is 0 Å². The second-order valence-corrected chi connectivity index (χ2v) is 2.85. The van der Waals surface area contributed by atoms with Crippen LogP contribution in [0.15, 0.2) is 23.1 Å². The summed E-state index contributed by atoms with van der Waals surface area (Å²) in [6, 6.07) is 9.24. The molecule has 0 amide bonds. The quantitative estimate of drug-likeness (QED) is 0.544. The maximum Gasteiger partial charge on any atom is 0.0352 e. The van der Waals surface area contributed by atoms with Crippen LogP contribution in [-0.4, -0.2) is 0 Å². The lowest BCUT2D eigenvalue weighted by Crippen LogP contribution is -1.90. The first-order valence-electron chi connectivity index (χ1n) is 2.86. The predicted molar refractivity (Wildman–Crippen MR) is 38.0 cm³/mol. The average Bonchev–Trinajstić information content (AvgIpc) is 2.33. The van der Waals surface area contributed by atoms with Gasteiger partial charge in [0.1, 0.15) is 0 Å². The van der Waals surface area contributed by atoms with E-state index in [1.165, 1.54) is 10.5 Å². The van der Waals surface area contributed by atoms with E-state index >= 15 is 0 Å². The third-order valence-electron chi connectivity index (χ3n) is 1.34. The second-order valence-electron chi connectivity index (χ2n) is 1.95. The summed E-state index contributed by atoms with van der Waals surface area (Å²) in [6.07, 6.45) is 0. The fourth-order valence-electron chi connectivity index (χ4n) is 0.877. The zero-order valence-electron chi connectivity index (χ0n) is 4.85. The zero-order valence-corrected chi connectivity index (χ0v) is 5.66. The third kappa shape index (κ3) is 0.843. The summed E-state index contributed by atoms with van der Waals surface area (Å²) in [5, 5.41) is 0. The molecule has 1 aliphatic heterocycles. The molecule has 2 heteroatoms. The van der Waals surface area contributed by atoms with Gasteiger partial charge in [-0.25, -0.2) is 0 Å². The van der Waals surface area contributed by atoms with Crippen molar-refractivity contribution in [2.24, 2.45) is 0 Å². The highest BCUT2D eigenvalue weighted by Crippen LogP contribution is 2.25. The molecule has 1 N–H and O–H groups in total. The molecule has 45 valence electrons. The first kappa shape index (κ1) is 5.33. The fraction of sp³-hybridized carbons (Fsp3) is 0.143. The molecule has 1 radical (unpaired) electrons. The molecular formula is C7H6NS. The number of benzene rings is 1. The summed E-state index contributed by atoms with van der Waals surface area (Å²) in [5.41, 5.74) is 1.36. The van der Waals surface area contributed by atoms with Crippen LogP contribution in [0, 0.1) is 6.07 Å². The summed E-state index contributed by atoms with van der Waals surface area (Å²) in [6.45, 7) is 0.983. The highest BCUT2D eigenvalue weighted by Gasteiger charge is 2.07. The van der Waals surface area contributed by atoms with Gasteiger partial charge in [-0.05, 0) is 23.6 Å². The lowest BCUT2D eigenvalue weighted by molar-refractivity contribution is 0.994. The maximum absolute atomic E-state index is 3.17. The summed E-state index contributed by atoms with van der Waals surface area (Å²) in [5.74, 6) is 0. The van der Waals surface area contributed by atoms with Crippen LogP contribution in [-0.2, 0) is 6.54 Å². The summed E-state index contributed by atoms with van der Waals surface area (Å²) in [4.78, 5) is 1.25. The Hall–Kier alpha value is -0.470. The minimum absolute atomic E-state index is 0.983. The standard InChI is InChI=1S/C7H6NS/c1-2-4-7-6(3-1)5-8-9-7/h1-3,8H,5H2. The van der Waals surface area contributed by atoms with Crippen molar-refractivity contribution < 1.29 is 0 Å². The molecule has 0 fully saturated rings. The summed E-state index contributed by atoms with van der Waals surface area (Å²) >= 11 is 1.66. The molecule has 1 aromatic rings. The summed E-state index contributed by atoms with van der Waals surface area (Å²) < 4.78 is 3.17. The Balaban J connectivity index is 2.54. The van der Waals surface area contributed by atoms with E-state index in [-0.39, 0.29) is 0 Å². The van der Waals surface area contributed by atoms with Gasteiger partial charge < -0.3 is 0 Å². The molecule has 1 aliphatic rings. The number of hydrogen-bond acceptors (Lipinski definition) is 2. The number of rotatable bonds is 0. The molecule has 0 saturated heterocycles. The van der Waals surface area contributed by atoms with Crippen molar-refractivity contribution in [3.8, 4) is 0 Å². The van der Waals surface area contributed by atoms with Crippen molar-refractivity contribution in [2.75, 3.05) is 0 Å². The molecular weight excluding hydrogens is 130 g/mol. The van der Waals surface area contributed by atoms with Crippen LogP contribution in [0.3, 0.4) is 0 Å². The number of fused-ring (bicyclic) bond motifs is 1. The fourth-order valence-corrected chi connectivity index (χ4v) is 1.65. The number of nitrogens with one attached hydrogen (secondary N) is 1. The van der Waals surface area contributed by atoms with Gasteiger partial charge in [-0.2, -0.15) is 0 Å². The normalized spacial score (nSPS) is 15.6. The van der Waals surface area contributed by atoms with Crippen LogP contribution < -0.4 is 4.72 Å². The van der Waals surface area contributed by atoms with Crippen LogP contribution in [0.4, 0.5) is 0 Å². The molecule has 0 bridgehead atoms. The average molecular weight is 136 g/mol. The third-order valence-corrected chi connectivity index (χ3v) is 2.21. The molecule has 1 nitrogen and oxygen atoms in total. The highest BCUT2D eigenvalue weighted by atomic mass is 32.2. The highest BCUT2D eigenvalue weighted by molar-refractivity contribution is 7.97. The Morgan fingerprint density at radius 3 is 3.56 bits per heavy atom. The molecule has 1 heterocycles.